The van der Waals surface area contributed by atoms with E-state index in [1.807, 2.05) is 6.07 Å². The van der Waals surface area contributed by atoms with Crippen LogP contribution in [0.4, 0.5) is 4.39 Å². The van der Waals surface area contributed by atoms with Crippen molar-refractivity contribution in [3.63, 3.8) is 0 Å². The summed E-state index contributed by atoms with van der Waals surface area (Å²) in [6.45, 7) is 0.346. The van der Waals surface area contributed by atoms with Gasteiger partial charge in [0.1, 0.15) is 6.61 Å². The van der Waals surface area contributed by atoms with Crippen molar-refractivity contribution < 1.29 is 9.13 Å². The minimum Gasteiger partial charge on any atom is -0.485 e. The van der Waals surface area contributed by atoms with Gasteiger partial charge < -0.3 is 4.74 Å². The zero-order valence-corrected chi connectivity index (χ0v) is 9.32. The first-order chi connectivity index (χ1) is 7.25. The summed E-state index contributed by atoms with van der Waals surface area (Å²) < 4.78 is 19.2. The summed E-state index contributed by atoms with van der Waals surface area (Å²) in [6.07, 6.45) is 0. The molecule has 2 rings (SSSR count). The fourth-order valence-electron chi connectivity index (χ4n) is 1.14. The molecule has 0 saturated heterocycles. The number of thiophene rings is 1. The van der Waals surface area contributed by atoms with Crippen LogP contribution in [0.5, 0.6) is 5.75 Å². The lowest BCUT2D eigenvalue weighted by Gasteiger charge is -2.04. The average molecular weight is 243 g/mol. The van der Waals surface area contributed by atoms with Gasteiger partial charge in [-0.3, -0.25) is 0 Å². The lowest BCUT2D eigenvalue weighted by atomic mass is 10.3. The highest BCUT2D eigenvalue weighted by Crippen LogP contribution is 2.23. The highest BCUT2D eigenvalue weighted by molar-refractivity contribution is 7.16. The normalized spacial score (nSPS) is 10.3. The molecule has 1 heterocycles. The molecule has 0 amide bonds. The maximum Gasteiger partial charge on any atom is 0.165 e. The van der Waals surface area contributed by atoms with E-state index in [9.17, 15) is 4.39 Å². The molecule has 0 radical (unpaired) electrons. The molecule has 0 bridgehead atoms. The second-order valence-electron chi connectivity index (χ2n) is 2.92. The third-order valence-electron chi connectivity index (χ3n) is 1.84. The van der Waals surface area contributed by atoms with E-state index in [2.05, 4.69) is 0 Å². The van der Waals surface area contributed by atoms with Crippen LogP contribution in [-0.4, -0.2) is 0 Å². The first kappa shape index (κ1) is 10.5. The minimum absolute atomic E-state index is 0.266. The third-order valence-corrected chi connectivity index (χ3v) is 3.04. The first-order valence-electron chi connectivity index (χ1n) is 4.37. The van der Waals surface area contributed by atoms with E-state index in [1.165, 1.54) is 17.4 Å². The Morgan fingerprint density at radius 1 is 1.20 bits per heavy atom. The zero-order chi connectivity index (χ0) is 10.7. The number of rotatable bonds is 3. The van der Waals surface area contributed by atoms with Crippen LogP contribution in [0.15, 0.2) is 36.4 Å². The Morgan fingerprint density at radius 3 is 2.67 bits per heavy atom. The van der Waals surface area contributed by atoms with Gasteiger partial charge in [-0.25, -0.2) is 4.39 Å². The summed E-state index contributed by atoms with van der Waals surface area (Å²) >= 11 is 7.19. The number of benzene rings is 1. The van der Waals surface area contributed by atoms with Crippen molar-refractivity contribution in [3.8, 4) is 5.75 Å². The summed E-state index contributed by atoms with van der Waals surface area (Å²) in [7, 11) is 0. The van der Waals surface area contributed by atoms with E-state index in [1.54, 1.807) is 24.3 Å². The second-order valence-corrected chi connectivity index (χ2v) is 4.72. The van der Waals surface area contributed by atoms with Crippen molar-refractivity contribution in [2.75, 3.05) is 0 Å². The van der Waals surface area contributed by atoms with Gasteiger partial charge in [0.25, 0.3) is 0 Å². The summed E-state index contributed by atoms with van der Waals surface area (Å²) in [5.41, 5.74) is 0. The molecule has 0 unspecified atom stereocenters. The SMILES string of the molecule is Fc1ccccc1OCc1ccc(Cl)s1. The van der Waals surface area contributed by atoms with Crippen molar-refractivity contribution in [3.05, 3.63) is 51.4 Å². The molecular weight excluding hydrogens is 235 g/mol. The minimum atomic E-state index is -0.347. The van der Waals surface area contributed by atoms with Crippen LogP contribution in [0.25, 0.3) is 0 Å². The number of hydrogen-bond donors (Lipinski definition) is 0. The fraction of sp³-hybridized carbons (Fsp3) is 0.0909. The van der Waals surface area contributed by atoms with Crippen LogP contribution in [0.2, 0.25) is 4.34 Å². The van der Waals surface area contributed by atoms with E-state index in [0.717, 1.165) is 4.88 Å². The van der Waals surface area contributed by atoms with Crippen molar-refractivity contribution in [1.82, 2.24) is 0 Å². The van der Waals surface area contributed by atoms with Crippen LogP contribution in [0.1, 0.15) is 4.88 Å². The molecule has 1 aromatic carbocycles. The third kappa shape index (κ3) is 2.70. The molecule has 0 N–H and O–H groups in total. The molecule has 0 spiro atoms. The number of ether oxygens (including phenoxy) is 1. The quantitative estimate of drug-likeness (QED) is 0.787. The monoisotopic (exact) mass is 242 g/mol. The molecule has 15 heavy (non-hydrogen) atoms. The van der Waals surface area contributed by atoms with Crippen LogP contribution >= 0.6 is 22.9 Å². The summed E-state index contributed by atoms with van der Waals surface area (Å²) in [5, 5.41) is 0. The topological polar surface area (TPSA) is 9.23 Å². The van der Waals surface area contributed by atoms with Gasteiger partial charge >= 0.3 is 0 Å². The number of halogens is 2. The van der Waals surface area contributed by atoms with Gasteiger partial charge in [0.15, 0.2) is 11.6 Å². The Kier molecular flexibility index (Phi) is 3.23. The standard InChI is InChI=1S/C11H8ClFOS/c12-11-6-5-8(15-11)7-14-10-4-2-1-3-9(10)13/h1-6H,7H2. The van der Waals surface area contributed by atoms with Crippen molar-refractivity contribution in [1.29, 1.82) is 0 Å². The molecule has 0 aliphatic rings. The van der Waals surface area contributed by atoms with Gasteiger partial charge in [-0.1, -0.05) is 23.7 Å². The average Bonchev–Trinajstić information content (AvgIpc) is 2.63. The molecule has 2 aromatic rings. The molecule has 1 nitrogen and oxygen atoms in total. The predicted octanol–water partition coefficient (Wildman–Crippen LogP) is 4.12. The van der Waals surface area contributed by atoms with Crippen molar-refractivity contribution in [2.24, 2.45) is 0 Å². The maximum atomic E-state index is 13.1. The predicted molar refractivity (Wildman–Crippen MR) is 60.1 cm³/mol. The molecule has 0 aliphatic heterocycles. The van der Waals surface area contributed by atoms with Crippen LogP contribution < -0.4 is 4.74 Å². The van der Waals surface area contributed by atoms with Gasteiger partial charge in [0.05, 0.1) is 4.34 Å². The van der Waals surface area contributed by atoms with Gasteiger partial charge in [-0.2, -0.15) is 0 Å². The fourth-order valence-corrected chi connectivity index (χ4v) is 2.14. The van der Waals surface area contributed by atoms with E-state index < -0.39 is 0 Å². The van der Waals surface area contributed by atoms with Gasteiger partial charge in [-0.05, 0) is 24.3 Å². The second kappa shape index (κ2) is 4.64. The Labute approximate surface area is 96.1 Å². The molecule has 0 saturated carbocycles. The van der Waals surface area contributed by atoms with Crippen molar-refractivity contribution in [2.45, 2.75) is 6.61 Å². The van der Waals surface area contributed by atoms with E-state index >= 15 is 0 Å². The van der Waals surface area contributed by atoms with E-state index in [0.29, 0.717) is 10.9 Å². The smallest absolute Gasteiger partial charge is 0.165 e. The Bertz CT molecular complexity index is 455. The highest BCUT2D eigenvalue weighted by Gasteiger charge is 2.03. The number of para-hydroxylation sites is 1. The molecule has 0 atom stereocenters. The lowest BCUT2D eigenvalue weighted by Crippen LogP contribution is -1.94. The molecular formula is C11H8ClFOS. The Balaban J connectivity index is 2.02. The van der Waals surface area contributed by atoms with E-state index in [-0.39, 0.29) is 11.6 Å². The van der Waals surface area contributed by atoms with Crippen LogP contribution in [0, 0.1) is 5.82 Å². The van der Waals surface area contributed by atoms with Crippen LogP contribution in [0.3, 0.4) is 0 Å². The molecule has 0 aliphatic carbocycles. The summed E-state index contributed by atoms with van der Waals surface area (Å²) in [4.78, 5) is 0.975. The first-order valence-corrected chi connectivity index (χ1v) is 5.57. The van der Waals surface area contributed by atoms with E-state index in [4.69, 9.17) is 16.3 Å². The lowest BCUT2D eigenvalue weighted by molar-refractivity contribution is 0.293. The van der Waals surface area contributed by atoms with Crippen molar-refractivity contribution >= 4 is 22.9 Å². The molecule has 1 aromatic heterocycles. The Morgan fingerprint density at radius 2 is 2.00 bits per heavy atom. The largest absolute Gasteiger partial charge is 0.485 e. The molecule has 4 heteroatoms. The summed E-state index contributed by atoms with van der Waals surface area (Å²) in [5.74, 6) is -0.0813. The molecule has 78 valence electrons. The molecule has 0 fully saturated rings. The Hall–Kier alpha value is -1.06. The van der Waals surface area contributed by atoms with Gasteiger partial charge in [-0.15, -0.1) is 11.3 Å². The highest BCUT2D eigenvalue weighted by atomic mass is 35.5. The zero-order valence-electron chi connectivity index (χ0n) is 7.74. The van der Waals surface area contributed by atoms with Crippen LogP contribution in [-0.2, 0) is 6.61 Å². The van der Waals surface area contributed by atoms with Gasteiger partial charge in [0.2, 0.25) is 0 Å². The maximum absolute atomic E-state index is 13.1. The number of hydrogen-bond acceptors (Lipinski definition) is 2. The van der Waals surface area contributed by atoms with Gasteiger partial charge in [0, 0.05) is 4.88 Å². The summed E-state index contributed by atoms with van der Waals surface area (Å²) in [6, 6.07) is 10.0.